The maximum atomic E-state index is 12.5. The first kappa shape index (κ1) is 19.2. The van der Waals surface area contributed by atoms with Gasteiger partial charge in [0.05, 0.1) is 16.3 Å². The average Bonchev–Trinajstić information content (AvgIpc) is 3.45. The number of amides is 2. The van der Waals surface area contributed by atoms with Crippen molar-refractivity contribution in [1.82, 2.24) is 4.98 Å². The molecule has 27 heavy (non-hydrogen) atoms. The van der Waals surface area contributed by atoms with Gasteiger partial charge < -0.3 is 10.6 Å². The van der Waals surface area contributed by atoms with E-state index in [4.69, 9.17) is 0 Å². The number of thioether (sulfide) groups is 1. The normalized spacial score (nSPS) is 13.9. The summed E-state index contributed by atoms with van der Waals surface area (Å²) < 4.78 is 37.5. The number of hydrogen-bond acceptors (Lipinski definition) is 4. The van der Waals surface area contributed by atoms with Gasteiger partial charge in [-0.15, -0.1) is 0 Å². The van der Waals surface area contributed by atoms with Crippen LogP contribution in [0, 0.1) is 5.92 Å². The van der Waals surface area contributed by atoms with Gasteiger partial charge in [0, 0.05) is 23.5 Å². The second kappa shape index (κ2) is 7.99. The summed E-state index contributed by atoms with van der Waals surface area (Å²) in [5.41, 5.74) is 0.290. The first-order chi connectivity index (χ1) is 12.8. The van der Waals surface area contributed by atoms with Gasteiger partial charge in [0.25, 0.3) is 0 Å². The molecule has 9 heteroatoms. The summed E-state index contributed by atoms with van der Waals surface area (Å²) in [5.74, 6) is -0.275. The van der Waals surface area contributed by atoms with Crippen molar-refractivity contribution < 1.29 is 22.8 Å². The average molecular weight is 395 g/mol. The number of rotatable bonds is 6. The highest BCUT2D eigenvalue weighted by Crippen LogP contribution is 2.31. The molecule has 1 aliphatic rings. The number of anilines is 2. The van der Waals surface area contributed by atoms with E-state index in [1.54, 1.807) is 24.3 Å². The Balaban J connectivity index is 1.51. The fourth-order valence-electron chi connectivity index (χ4n) is 2.23. The van der Waals surface area contributed by atoms with Gasteiger partial charge in [-0.3, -0.25) is 9.59 Å². The van der Waals surface area contributed by atoms with Gasteiger partial charge in [0.1, 0.15) is 0 Å². The SMILES string of the molecule is O=C(CSc1ccc(C(F)(F)F)cn1)Nc1cccc(NC(=O)C2CC2)c1. The van der Waals surface area contributed by atoms with Gasteiger partial charge in [-0.25, -0.2) is 4.98 Å². The molecule has 0 unspecified atom stereocenters. The lowest BCUT2D eigenvalue weighted by molar-refractivity contribution is -0.137. The fourth-order valence-corrected chi connectivity index (χ4v) is 2.88. The number of carbonyl (C=O) groups is 2. The molecule has 1 aromatic heterocycles. The maximum Gasteiger partial charge on any atom is 0.417 e. The Labute approximate surface area is 157 Å². The smallest absolute Gasteiger partial charge is 0.326 e. The zero-order valence-corrected chi connectivity index (χ0v) is 14.9. The largest absolute Gasteiger partial charge is 0.417 e. The van der Waals surface area contributed by atoms with E-state index in [0.29, 0.717) is 16.4 Å². The molecular weight excluding hydrogens is 379 g/mol. The van der Waals surface area contributed by atoms with Crippen LogP contribution in [0.3, 0.4) is 0 Å². The van der Waals surface area contributed by atoms with Crippen molar-refractivity contribution in [3.8, 4) is 0 Å². The van der Waals surface area contributed by atoms with Crippen LogP contribution in [0.4, 0.5) is 24.5 Å². The maximum absolute atomic E-state index is 12.5. The Morgan fingerprint density at radius 3 is 2.41 bits per heavy atom. The molecule has 1 fully saturated rings. The summed E-state index contributed by atoms with van der Waals surface area (Å²) in [6.45, 7) is 0. The number of nitrogens with one attached hydrogen (secondary N) is 2. The molecule has 1 aliphatic carbocycles. The lowest BCUT2D eigenvalue weighted by Crippen LogP contribution is -2.16. The lowest BCUT2D eigenvalue weighted by Gasteiger charge is -2.09. The van der Waals surface area contributed by atoms with E-state index >= 15 is 0 Å². The monoisotopic (exact) mass is 395 g/mol. The molecule has 0 spiro atoms. The van der Waals surface area contributed by atoms with Gasteiger partial charge in [-0.2, -0.15) is 13.2 Å². The molecule has 2 aromatic rings. The highest BCUT2D eigenvalue weighted by atomic mass is 32.2. The molecule has 5 nitrogen and oxygen atoms in total. The minimum absolute atomic E-state index is 0.00295. The molecule has 0 radical (unpaired) electrons. The first-order valence-electron chi connectivity index (χ1n) is 8.18. The molecule has 1 saturated carbocycles. The summed E-state index contributed by atoms with van der Waals surface area (Å²) in [5, 5.41) is 5.81. The summed E-state index contributed by atoms with van der Waals surface area (Å²) >= 11 is 1.03. The van der Waals surface area contributed by atoms with Crippen LogP contribution >= 0.6 is 11.8 Å². The summed E-state index contributed by atoms with van der Waals surface area (Å²) in [6.07, 6.45) is -1.89. The van der Waals surface area contributed by atoms with Crippen LogP contribution in [-0.4, -0.2) is 22.6 Å². The second-order valence-electron chi connectivity index (χ2n) is 6.06. The standard InChI is InChI=1S/C18H16F3N3O2S/c19-18(20,21)12-6-7-16(22-9-12)27-10-15(25)23-13-2-1-3-14(8-13)24-17(26)11-4-5-11/h1-3,6-9,11H,4-5,10H2,(H,23,25)(H,24,26). The number of hydrogen-bond donors (Lipinski definition) is 2. The van der Waals surface area contributed by atoms with Crippen LogP contribution in [0.25, 0.3) is 0 Å². The van der Waals surface area contributed by atoms with Crippen molar-refractivity contribution >= 4 is 35.0 Å². The highest BCUT2D eigenvalue weighted by Gasteiger charge is 2.31. The molecule has 0 aliphatic heterocycles. The quantitative estimate of drug-likeness (QED) is 0.720. The Bertz CT molecular complexity index is 836. The van der Waals surface area contributed by atoms with Crippen LogP contribution in [0.2, 0.25) is 0 Å². The Hall–Kier alpha value is -2.55. The Kier molecular flexibility index (Phi) is 5.69. The molecule has 2 amide bonds. The molecule has 3 rings (SSSR count). The summed E-state index contributed by atoms with van der Waals surface area (Å²) in [7, 11) is 0. The number of aromatic nitrogens is 1. The Morgan fingerprint density at radius 2 is 1.81 bits per heavy atom. The second-order valence-corrected chi connectivity index (χ2v) is 7.06. The highest BCUT2D eigenvalue weighted by molar-refractivity contribution is 7.99. The van der Waals surface area contributed by atoms with Crippen LogP contribution in [0.1, 0.15) is 18.4 Å². The third-order valence-electron chi connectivity index (χ3n) is 3.78. The number of carbonyl (C=O) groups excluding carboxylic acids is 2. The van der Waals surface area contributed by atoms with Crippen molar-refractivity contribution in [2.75, 3.05) is 16.4 Å². The fraction of sp³-hybridized carbons (Fsp3) is 0.278. The van der Waals surface area contributed by atoms with Gasteiger partial charge >= 0.3 is 6.18 Å². The molecule has 1 heterocycles. The number of nitrogens with zero attached hydrogens (tertiary/aromatic N) is 1. The molecule has 1 aromatic carbocycles. The first-order valence-corrected chi connectivity index (χ1v) is 9.16. The molecule has 0 bridgehead atoms. The van der Waals surface area contributed by atoms with Crippen LogP contribution < -0.4 is 10.6 Å². The Morgan fingerprint density at radius 1 is 1.11 bits per heavy atom. The predicted octanol–water partition coefficient (Wildman–Crippen LogP) is 4.18. The van der Waals surface area contributed by atoms with Crippen molar-refractivity contribution in [3.05, 3.63) is 48.2 Å². The van der Waals surface area contributed by atoms with E-state index < -0.39 is 11.7 Å². The molecule has 2 N–H and O–H groups in total. The topological polar surface area (TPSA) is 71.1 Å². The molecular formula is C18H16F3N3O2S. The van der Waals surface area contributed by atoms with Crippen LogP contribution in [0.5, 0.6) is 0 Å². The number of benzene rings is 1. The van der Waals surface area contributed by atoms with Crippen molar-refractivity contribution in [3.63, 3.8) is 0 Å². The minimum Gasteiger partial charge on any atom is -0.326 e. The van der Waals surface area contributed by atoms with E-state index in [1.165, 1.54) is 6.07 Å². The van der Waals surface area contributed by atoms with E-state index in [9.17, 15) is 22.8 Å². The molecule has 0 saturated heterocycles. The van der Waals surface area contributed by atoms with E-state index in [-0.39, 0.29) is 23.5 Å². The third kappa shape index (κ3) is 5.72. The third-order valence-corrected chi connectivity index (χ3v) is 4.72. The van der Waals surface area contributed by atoms with Crippen molar-refractivity contribution in [2.45, 2.75) is 24.0 Å². The van der Waals surface area contributed by atoms with Crippen molar-refractivity contribution in [2.24, 2.45) is 5.92 Å². The zero-order valence-electron chi connectivity index (χ0n) is 14.0. The van der Waals surface area contributed by atoms with E-state index in [0.717, 1.165) is 36.9 Å². The van der Waals surface area contributed by atoms with E-state index in [2.05, 4.69) is 15.6 Å². The lowest BCUT2D eigenvalue weighted by atomic mass is 10.2. The van der Waals surface area contributed by atoms with Gasteiger partial charge in [-0.1, -0.05) is 17.8 Å². The van der Waals surface area contributed by atoms with Crippen LogP contribution in [0.15, 0.2) is 47.6 Å². The summed E-state index contributed by atoms with van der Waals surface area (Å²) in [6, 6.07) is 8.94. The number of pyridine rings is 1. The van der Waals surface area contributed by atoms with Crippen molar-refractivity contribution in [1.29, 1.82) is 0 Å². The van der Waals surface area contributed by atoms with Crippen LogP contribution in [-0.2, 0) is 15.8 Å². The van der Waals surface area contributed by atoms with Gasteiger partial charge in [0.15, 0.2) is 0 Å². The zero-order chi connectivity index (χ0) is 19.4. The van der Waals surface area contributed by atoms with Gasteiger partial charge in [0.2, 0.25) is 11.8 Å². The molecule has 142 valence electrons. The number of halogens is 3. The van der Waals surface area contributed by atoms with Gasteiger partial charge in [-0.05, 0) is 43.2 Å². The minimum atomic E-state index is -4.44. The summed E-state index contributed by atoms with van der Waals surface area (Å²) in [4.78, 5) is 27.5. The van der Waals surface area contributed by atoms with E-state index in [1.807, 2.05) is 0 Å². The number of alkyl halides is 3. The molecule has 0 atom stereocenters. The predicted molar refractivity (Wildman–Crippen MR) is 96.4 cm³/mol.